The van der Waals surface area contributed by atoms with E-state index in [2.05, 4.69) is 15.3 Å². The molecule has 0 aliphatic carbocycles. The maximum absolute atomic E-state index is 14.3. The van der Waals surface area contributed by atoms with Crippen molar-refractivity contribution in [3.05, 3.63) is 65.2 Å². The van der Waals surface area contributed by atoms with Gasteiger partial charge in [-0.15, -0.1) is 11.8 Å². The highest BCUT2D eigenvalue weighted by molar-refractivity contribution is 7.98. The highest BCUT2D eigenvalue weighted by atomic mass is 32.2. The van der Waals surface area contributed by atoms with Gasteiger partial charge in [0.1, 0.15) is 23.7 Å². The Morgan fingerprint density at radius 3 is 2.58 bits per heavy atom. The minimum Gasteiger partial charge on any atom is -0.496 e. The zero-order valence-electron chi connectivity index (χ0n) is 17.5. The van der Waals surface area contributed by atoms with Crippen molar-refractivity contribution in [2.45, 2.75) is 17.5 Å². The molecule has 11 heteroatoms. The van der Waals surface area contributed by atoms with Crippen molar-refractivity contribution in [3.63, 3.8) is 0 Å². The average molecular weight is 481 g/mol. The van der Waals surface area contributed by atoms with E-state index in [0.717, 1.165) is 6.07 Å². The number of aromatic carboxylic acids is 1. The first-order chi connectivity index (χ1) is 15.6. The summed E-state index contributed by atoms with van der Waals surface area (Å²) in [6.07, 6.45) is -1.54. The number of halogens is 4. The second kappa shape index (κ2) is 10.1. The van der Waals surface area contributed by atoms with E-state index in [9.17, 15) is 27.5 Å². The quantitative estimate of drug-likeness (QED) is 0.330. The van der Waals surface area contributed by atoms with Crippen molar-refractivity contribution in [2.24, 2.45) is 0 Å². The second-order valence-electron chi connectivity index (χ2n) is 6.82. The molecule has 0 amide bonds. The standard InChI is InChI=1S/C22H19F4N3O3S/c1-32-18-9-13(22(24,25)26)8-16(23)14(18)5-6-27-20-10-17(28-11-29-20)12-3-4-15(21(30)31)19(7-12)33-2/h3-4,7-11H,5-6H2,1-2H3,(H,30,31)(H,27,28,29). The molecule has 0 bridgehead atoms. The summed E-state index contributed by atoms with van der Waals surface area (Å²) in [4.78, 5) is 20.2. The van der Waals surface area contributed by atoms with Gasteiger partial charge in [-0.1, -0.05) is 6.07 Å². The molecule has 1 heterocycles. The van der Waals surface area contributed by atoms with Crippen molar-refractivity contribution in [3.8, 4) is 17.0 Å². The van der Waals surface area contributed by atoms with E-state index in [-0.39, 0.29) is 29.8 Å². The summed E-state index contributed by atoms with van der Waals surface area (Å²) in [5.74, 6) is -1.80. The van der Waals surface area contributed by atoms with Crippen molar-refractivity contribution >= 4 is 23.5 Å². The van der Waals surface area contributed by atoms with Gasteiger partial charge in [-0.3, -0.25) is 0 Å². The molecule has 0 aliphatic heterocycles. The van der Waals surface area contributed by atoms with Crippen LogP contribution in [-0.4, -0.2) is 41.0 Å². The molecular weight excluding hydrogens is 462 g/mol. The Morgan fingerprint density at radius 2 is 1.94 bits per heavy atom. The van der Waals surface area contributed by atoms with Crippen LogP contribution in [0.15, 0.2) is 47.6 Å². The third kappa shape index (κ3) is 5.72. The monoisotopic (exact) mass is 481 g/mol. The third-order valence-electron chi connectivity index (χ3n) is 4.78. The summed E-state index contributed by atoms with van der Waals surface area (Å²) >= 11 is 1.30. The molecule has 0 spiro atoms. The molecule has 0 atom stereocenters. The van der Waals surface area contributed by atoms with E-state index in [1.165, 1.54) is 31.3 Å². The fourth-order valence-corrected chi connectivity index (χ4v) is 3.77. The van der Waals surface area contributed by atoms with Gasteiger partial charge in [-0.2, -0.15) is 13.2 Å². The number of carboxylic acid groups (broad SMARTS) is 1. The smallest absolute Gasteiger partial charge is 0.416 e. The SMILES string of the molecule is COc1cc(C(F)(F)F)cc(F)c1CCNc1cc(-c2ccc(C(=O)O)c(SC)c2)ncn1. The molecule has 0 saturated heterocycles. The molecule has 0 radical (unpaired) electrons. The van der Waals surface area contributed by atoms with E-state index in [1.807, 2.05) is 0 Å². The van der Waals surface area contributed by atoms with Gasteiger partial charge in [0.15, 0.2) is 0 Å². The minimum atomic E-state index is -4.68. The van der Waals surface area contributed by atoms with Crippen LogP contribution in [0.2, 0.25) is 0 Å². The summed E-state index contributed by atoms with van der Waals surface area (Å²) in [5, 5.41) is 12.3. The topological polar surface area (TPSA) is 84.3 Å². The fourth-order valence-electron chi connectivity index (χ4n) is 3.15. The molecule has 3 aromatic rings. The Labute approximate surface area is 191 Å². The van der Waals surface area contributed by atoms with Gasteiger partial charge in [-0.05, 0) is 36.9 Å². The van der Waals surface area contributed by atoms with Crippen LogP contribution in [0.3, 0.4) is 0 Å². The van der Waals surface area contributed by atoms with Crippen LogP contribution in [0.4, 0.5) is 23.4 Å². The largest absolute Gasteiger partial charge is 0.496 e. The van der Waals surface area contributed by atoms with E-state index in [1.54, 1.807) is 24.5 Å². The number of nitrogens with one attached hydrogen (secondary N) is 1. The third-order valence-corrected chi connectivity index (χ3v) is 5.56. The number of rotatable bonds is 8. The summed E-state index contributed by atoms with van der Waals surface area (Å²) < 4.78 is 58.0. The van der Waals surface area contributed by atoms with Gasteiger partial charge in [-0.25, -0.2) is 19.2 Å². The number of hydrogen-bond donors (Lipinski definition) is 2. The van der Waals surface area contributed by atoms with Crippen molar-refractivity contribution in [1.82, 2.24) is 9.97 Å². The Kier molecular flexibility index (Phi) is 7.42. The van der Waals surface area contributed by atoms with Crippen molar-refractivity contribution in [1.29, 1.82) is 0 Å². The first-order valence-corrected chi connectivity index (χ1v) is 10.8. The van der Waals surface area contributed by atoms with Gasteiger partial charge in [0, 0.05) is 28.6 Å². The minimum absolute atomic E-state index is 0.0150. The van der Waals surface area contributed by atoms with Crippen LogP contribution in [0.1, 0.15) is 21.5 Å². The summed E-state index contributed by atoms with van der Waals surface area (Å²) in [5.41, 5.74) is 0.308. The average Bonchev–Trinajstić information content (AvgIpc) is 2.78. The van der Waals surface area contributed by atoms with E-state index >= 15 is 0 Å². The molecule has 0 fully saturated rings. The zero-order chi connectivity index (χ0) is 24.2. The number of methoxy groups -OCH3 is 1. The highest BCUT2D eigenvalue weighted by Crippen LogP contribution is 2.35. The lowest BCUT2D eigenvalue weighted by atomic mass is 10.1. The number of carbonyl (C=O) groups is 1. The van der Waals surface area contributed by atoms with E-state index in [0.29, 0.717) is 28.0 Å². The number of thioether (sulfide) groups is 1. The lowest BCUT2D eigenvalue weighted by Crippen LogP contribution is -2.11. The number of benzene rings is 2. The summed E-state index contributed by atoms with van der Waals surface area (Å²) in [6, 6.07) is 7.70. The molecule has 0 aliphatic rings. The van der Waals surface area contributed by atoms with E-state index in [4.69, 9.17) is 4.74 Å². The maximum atomic E-state index is 14.3. The van der Waals surface area contributed by atoms with Gasteiger partial charge in [0.2, 0.25) is 0 Å². The van der Waals surface area contributed by atoms with Crippen LogP contribution < -0.4 is 10.1 Å². The van der Waals surface area contributed by atoms with Gasteiger partial charge in [0.05, 0.1) is 23.9 Å². The van der Waals surface area contributed by atoms with Crippen LogP contribution >= 0.6 is 11.8 Å². The van der Waals surface area contributed by atoms with Gasteiger partial charge in [0.25, 0.3) is 0 Å². The number of alkyl halides is 3. The molecular formula is C22H19F4N3O3S. The first-order valence-electron chi connectivity index (χ1n) is 9.55. The van der Waals surface area contributed by atoms with E-state index < -0.39 is 23.5 Å². The number of ether oxygens (including phenoxy) is 1. The first kappa shape index (κ1) is 24.3. The molecule has 33 heavy (non-hydrogen) atoms. The summed E-state index contributed by atoms with van der Waals surface area (Å²) in [7, 11) is 1.18. The molecule has 0 saturated carbocycles. The number of aromatic nitrogens is 2. The normalized spacial score (nSPS) is 11.3. The Hall–Kier alpha value is -3.34. The molecule has 6 nitrogen and oxygen atoms in total. The predicted octanol–water partition coefficient (Wildman–Crippen LogP) is 5.38. The van der Waals surface area contributed by atoms with Crippen LogP contribution in [0.5, 0.6) is 5.75 Å². The van der Waals surface area contributed by atoms with Crippen LogP contribution in [0, 0.1) is 5.82 Å². The number of hydrogen-bond acceptors (Lipinski definition) is 6. The Balaban J connectivity index is 1.76. The van der Waals surface area contributed by atoms with Gasteiger partial charge < -0.3 is 15.2 Å². The van der Waals surface area contributed by atoms with Crippen LogP contribution in [-0.2, 0) is 12.6 Å². The Bertz CT molecular complexity index is 1170. The van der Waals surface area contributed by atoms with Crippen molar-refractivity contribution < 1.29 is 32.2 Å². The molecule has 1 aromatic heterocycles. The molecule has 3 rings (SSSR count). The van der Waals surface area contributed by atoms with Crippen LogP contribution in [0.25, 0.3) is 11.3 Å². The number of carboxylic acids is 1. The predicted molar refractivity (Wildman–Crippen MR) is 116 cm³/mol. The zero-order valence-corrected chi connectivity index (χ0v) is 18.4. The maximum Gasteiger partial charge on any atom is 0.416 e. The Morgan fingerprint density at radius 1 is 1.18 bits per heavy atom. The lowest BCUT2D eigenvalue weighted by Gasteiger charge is -2.14. The summed E-state index contributed by atoms with van der Waals surface area (Å²) in [6.45, 7) is 0.170. The van der Waals surface area contributed by atoms with Gasteiger partial charge >= 0.3 is 12.1 Å². The number of anilines is 1. The second-order valence-corrected chi connectivity index (χ2v) is 7.67. The molecule has 174 valence electrons. The van der Waals surface area contributed by atoms with Crippen molar-refractivity contribution in [2.75, 3.05) is 25.2 Å². The lowest BCUT2D eigenvalue weighted by molar-refractivity contribution is -0.137. The molecule has 0 unspecified atom stereocenters. The highest BCUT2D eigenvalue weighted by Gasteiger charge is 2.32. The molecule has 2 N–H and O–H groups in total. The number of nitrogens with zero attached hydrogens (tertiary/aromatic N) is 2. The molecule has 2 aromatic carbocycles. The fraction of sp³-hybridized carbons (Fsp3) is 0.227.